The third-order valence-corrected chi connectivity index (χ3v) is 6.13. The number of hydrogen-bond donors (Lipinski definition) is 1. The van der Waals surface area contributed by atoms with Crippen LogP contribution in [-0.4, -0.2) is 62.7 Å². The van der Waals surface area contributed by atoms with Gasteiger partial charge in [-0.2, -0.15) is 5.26 Å². The summed E-state index contributed by atoms with van der Waals surface area (Å²) in [6.07, 6.45) is 5.19. The van der Waals surface area contributed by atoms with E-state index in [0.717, 1.165) is 30.6 Å². The Bertz CT molecular complexity index is 651. The summed E-state index contributed by atoms with van der Waals surface area (Å²) in [7, 11) is 0. The normalized spacial score (nSPS) is 29.5. The SMILES string of the molecule is C=C(CCl)C(C(=O)O)N1C(=O)C(N(C=O)C2CCCCC(C#N)CC2)C1Cl. The van der Waals surface area contributed by atoms with Gasteiger partial charge in [0.1, 0.15) is 11.5 Å². The average molecular weight is 416 g/mol. The maximum Gasteiger partial charge on any atom is 0.330 e. The lowest BCUT2D eigenvalue weighted by atomic mass is 9.87. The molecule has 1 aliphatic carbocycles. The molecule has 0 aromatic carbocycles. The van der Waals surface area contributed by atoms with Gasteiger partial charge in [0.25, 0.3) is 5.91 Å². The number of amides is 2. The molecule has 2 aliphatic rings. The first-order valence-electron chi connectivity index (χ1n) is 8.92. The Morgan fingerprint density at radius 1 is 1.41 bits per heavy atom. The summed E-state index contributed by atoms with van der Waals surface area (Å²) in [6, 6.07) is -0.151. The molecule has 1 saturated carbocycles. The summed E-state index contributed by atoms with van der Waals surface area (Å²) in [5.41, 5.74) is -0.817. The van der Waals surface area contributed by atoms with Crippen LogP contribution in [0.5, 0.6) is 0 Å². The van der Waals surface area contributed by atoms with Crippen LogP contribution >= 0.6 is 23.2 Å². The highest BCUT2D eigenvalue weighted by Gasteiger charge is 2.55. The van der Waals surface area contributed by atoms with Gasteiger partial charge in [-0.15, -0.1) is 11.6 Å². The number of nitriles is 1. The number of likely N-dealkylation sites (tertiary alicyclic amines) is 1. The Morgan fingerprint density at radius 2 is 2.07 bits per heavy atom. The Kier molecular flexibility index (Phi) is 7.51. The summed E-state index contributed by atoms with van der Waals surface area (Å²) in [5.74, 6) is -1.96. The van der Waals surface area contributed by atoms with Gasteiger partial charge >= 0.3 is 5.97 Å². The van der Waals surface area contributed by atoms with Crippen LogP contribution < -0.4 is 0 Å². The first-order chi connectivity index (χ1) is 12.9. The molecule has 7 nitrogen and oxygen atoms in total. The number of hydrogen-bond acceptors (Lipinski definition) is 4. The smallest absolute Gasteiger partial charge is 0.330 e. The minimum Gasteiger partial charge on any atom is -0.479 e. The first kappa shape index (κ1) is 21.5. The van der Waals surface area contributed by atoms with Gasteiger partial charge in [-0.1, -0.05) is 31.0 Å². The fraction of sp³-hybridized carbons (Fsp3) is 0.667. The topological polar surface area (TPSA) is 102 Å². The van der Waals surface area contributed by atoms with Crippen LogP contribution in [0.1, 0.15) is 38.5 Å². The van der Waals surface area contributed by atoms with Gasteiger partial charge in [0.2, 0.25) is 6.41 Å². The maximum atomic E-state index is 12.7. The van der Waals surface area contributed by atoms with Crippen molar-refractivity contribution in [2.75, 3.05) is 5.88 Å². The quantitative estimate of drug-likeness (QED) is 0.226. The second-order valence-electron chi connectivity index (χ2n) is 6.99. The molecular formula is C18H23Cl2N3O4. The number of carbonyl (C=O) groups is 3. The van der Waals surface area contributed by atoms with Gasteiger partial charge in [-0.25, -0.2) is 4.79 Å². The Hall–Kier alpha value is -1.78. The van der Waals surface area contributed by atoms with Crippen LogP contribution in [0.2, 0.25) is 0 Å². The second-order valence-corrected chi connectivity index (χ2v) is 7.70. The zero-order valence-electron chi connectivity index (χ0n) is 14.9. The van der Waals surface area contributed by atoms with E-state index in [1.54, 1.807) is 0 Å². The highest BCUT2D eigenvalue weighted by molar-refractivity contribution is 6.27. The van der Waals surface area contributed by atoms with E-state index in [1.807, 2.05) is 0 Å². The third kappa shape index (κ3) is 4.39. The lowest BCUT2D eigenvalue weighted by Crippen LogP contribution is -2.73. The molecule has 27 heavy (non-hydrogen) atoms. The van der Waals surface area contributed by atoms with Crippen LogP contribution in [0.3, 0.4) is 0 Å². The molecule has 0 bridgehead atoms. The molecule has 5 unspecified atom stereocenters. The van der Waals surface area contributed by atoms with Crippen molar-refractivity contribution in [1.29, 1.82) is 5.26 Å². The Morgan fingerprint density at radius 3 is 2.59 bits per heavy atom. The summed E-state index contributed by atoms with van der Waals surface area (Å²) in [5, 5.41) is 18.6. The van der Waals surface area contributed by atoms with Crippen molar-refractivity contribution >= 4 is 41.5 Å². The van der Waals surface area contributed by atoms with E-state index < -0.39 is 29.5 Å². The predicted molar refractivity (Wildman–Crippen MR) is 100 cm³/mol. The summed E-state index contributed by atoms with van der Waals surface area (Å²) in [6.45, 7) is 3.61. The molecule has 9 heteroatoms. The van der Waals surface area contributed by atoms with Crippen molar-refractivity contribution in [1.82, 2.24) is 9.80 Å². The number of carboxylic acids is 1. The number of alkyl halides is 2. The molecule has 0 aromatic rings. The van der Waals surface area contributed by atoms with Gasteiger partial charge in [0.05, 0.1) is 6.07 Å². The van der Waals surface area contributed by atoms with E-state index in [0.29, 0.717) is 19.3 Å². The first-order valence-corrected chi connectivity index (χ1v) is 9.89. The highest BCUT2D eigenvalue weighted by Crippen LogP contribution is 2.35. The fourth-order valence-corrected chi connectivity index (χ4v) is 4.42. The molecule has 1 heterocycles. The molecule has 1 saturated heterocycles. The van der Waals surface area contributed by atoms with E-state index in [9.17, 15) is 24.8 Å². The number of β-lactam (4-membered cyclic amide) rings is 1. The molecule has 0 radical (unpaired) electrons. The number of carbonyl (C=O) groups excluding carboxylic acids is 2. The standard InChI is InChI=1S/C18H23Cl2N3O4/c1-11(8-19)14(18(26)27)23-16(20)15(17(23)25)22(10-24)13-5-3-2-4-12(9-21)6-7-13/h10,12-16H,1-8H2,(H,26,27). The number of rotatable bonds is 7. The summed E-state index contributed by atoms with van der Waals surface area (Å²) < 4.78 is 0. The molecule has 2 fully saturated rings. The predicted octanol–water partition coefficient (Wildman–Crippen LogP) is 2.33. The van der Waals surface area contributed by atoms with E-state index in [2.05, 4.69) is 12.6 Å². The lowest BCUT2D eigenvalue weighted by molar-refractivity contribution is -0.167. The van der Waals surface area contributed by atoms with E-state index in [1.165, 1.54) is 4.90 Å². The molecule has 5 atom stereocenters. The zero-order valence-corrected chi connectivity index (χ0v) is 16.4. The van der Waals surface area contributed by atoms with Crippen molar-refractivity contribution < 1.29 is 19.5 Å². The number of halogens is 2. The van der Waals surface area contributed by atoms with Crippen molar-refractivity contribution in [2.45, 2.75) is 62.2 Å². The molecule has 148 valence electrons. The largest absolute Gasteiger partial charge is 0.479 e. The monoisotopic (exact) mass is 415 g/mol. The van der Waals surface area contributed by atoms with Crippen LogP contribution in [0.25, 0.3) is 0 Å². The van der Waals surface area contributed by atoms with Crippen molar-refractivity contribution in [3.63, 3.8) is 0 Å². The van der Waals surface area contributed by atoms with Gasteiger partial charge in [-0.3, -0.25) is 9.59 Å². The number of nitrogens with zero attached hydrogens (tertiary/aromatic N) is 3. The highest BCUT2D eigenvalue weighted by atomic mass is 35.5. The van der Waals surface area contributed by atoms with Gasteiger partial charge < -0.3 is 14.9 Å². The van der Waals surface area contributed by atoms with Gasteiger partial charge in [0.15, 0.2) is 6.04 Å². The van der Waals surface area contributed by atoms with Gasteiger partial charge in [0, 0.05) is 17.8 Å². The van der Waals surface area contributed by atoms with Crippen LogP contribution in [0, 0.1) is 17.2 Å². The van der Waals surface area contributed by atoms with Gasteiger partial charge in [-0.05, 0) is 31.3 Å². The molecule has 1 N–H and O–H groups in total. The van der Waals surface area contributed by atoms with Crippen molar-refractivity contribution in [3.8, 4) is 6.07 Å². The van der Waals surface area contributed by atoms with E-state index >= 15 is 0 Å². The summed E-state index contributed by atoms with van der Waals surface area (Å²) in [4.78, 5) is 38.4. The molecule has 1 aliphatic heterocycles. The number of aliphatic carboxylic acids is 1. The minimum atomic E-state index is -1.32. The van der Waals surface area contributed by atoms with Crippen LogP contribution in [0.4, 0.5) is 0 Å². The van der Waals surface area contributed by atoms with Crippen molar-refractivity contribution in [3.05, 3.63) is 12.2 Å². The average Bonchev–Trinajstić information content (AvgIpc) is 2.63. The van der Waals surface area contributed by atoms with Crippen molar-refractivity contribution in [2.24, 2.45) is 5.92 Å². The third-order valence-electron chi connectivity index (χ3n) is 5.34. The molecule has 2 rings (SSSR count). The Balaban J connectivity index is 2.15. The minimum absolute atomic E-state index is 0.0508. The van der Waals surface area contributed by atoms with Crippen LogP contribution in [-0.2, 0) is 14.4 Å². The zero-order chi connectivity index (χ0) is 20.1. The second kappa shape index (κ2) is 9.43. The van der Waals surface area contributed by atoms with E-state index in [-0.39, 0.29) is 23.4 Å². The van der Waals surface area contributed by atoms with Crippen LogP contribution in [0.15, 0.2) is 12.2 Å². The maximum absolute atomic E-state index is 12.7. The molecule has 2 amide bonds. The molecule has 0 aromatic heterocycles. The number of carboxylic acid groups (broad SMARTS) is 1. The Labute approximate surface area is 168 Å². The molecule has 0 spiro atoms. The van der Waals surface area contributed by atoms with E-state index in [4.69, 9.17) is 23.2 Å². The molecular weight excluding hydrogens is 393 g/mol. The summed E-state index contributed by atoms with van der Waals surface area (Å²) >= 11 is 12.0. The lowest BCUT2D eigenvalue weighted by Gasteiger charge is -2.51. The fourth-order valence-electron chi connectivity index (χ4n) is 3.82.